The second-order valence-electron chi connectivity index (χ2n) is 7.63. The first-order valence-corrected chi connectivity index (χ1v) is 11.3. The first kappa shape index (κ1) is 24.0. The molecule has 0 fully saturated rings. The molecule has 0 aliphatic rings. The maximum absolute atomic E-state index is 12.9. The van der Waals surface area contributed by atoms with Crippen LogP contribution in [0.5, 0.6) is 17.2 Å². The molecule has 0 aliphatic heterocycles. The summed E-state index contributed by atoms with van der Waals surface area (Å²) in [5, 5.41) is 0.846. The number of carbonyl (C=O) groups excluding carboxylic acids is 2. The number of ether oxygens (including phenoxy) is 3. The van der Waals surface area contributed by atoms with Crippen molar-refractivity contribution in [1.82, 2.24) is 0 Å². The maximum Gasteiger partial charge on any atom is 0.338 e. The van der Waals surface area contributed by atoms with Gasteiger partial charge in [0.1, 0.15) is 23.3 Å². The van der Waals surface area contributed by atoms with Crippen molar-refractivity contribution in [2.45, 2.75) is 19.8 Å². The Morgan fingerprint density at radius 1 is 0.943 bits per heavy atom. The summed E-state index contributed by atoms with van der Waals surface area (Å²) in [7, 11) is 0. The molecule has 7 nitrogen and oxygen atoms in total. The molecule has 3 aromatic carbocycles. The van der Waals surface area contributed by atoms with Gasteiger partial charge in [0.25, 0.3) is 0 Å². The van der Waals surface area contributed by atoms with Crippen LogP contribution in [0.25, 0.3) is 11.0 Å². The normalized spacial score (nSPS) is 10.7. The SMILES string of the molecule is CCCOC(=O)c1ccc(Oc2coc3cc(OC(=O)Cc4ccc(Cl)cc4)ccc3c2=O)cc1. The molecule has 0 unspecified atom stereocenters. The number of halogens is 1. The maximum atomic E-state index is 12.9. The molecule has 0 radical (unpaired) electrons. The lowest BCUT2D eigenvalue weighted by Crippen LogP contribution is -2.11. The summed E-state index contributed by atoms with van der Waals surface area (Å²) in [6.07, 6.45) is 1.99. The number of esters is 2. The summed E-state index contributed by atoms with van der Waals surface area (Å²) in [5.41, 5.74) is 0.999. The summed E-state index contributed by atoms with van der Waals surface area (Å²) < 4.78 is 21.7. The largest absolute Gasteiger partial charge is 0.462 e. The lowest BCUT2D eigenvalue weighted by Gasteiger charge is -2.08. The van der Waals surface area contributed by atoms with E-state index in [9.17, 15) is 14.4 Å². The number of hydrogen-bond acceptors (Lipinski definition) is 7. The fourth-order valence-electron chi connectivity index (χ4n) is 3.23. The van der Waals surface area contributed by atoms with Crippen LogP contribution in [-0.2, 0) is 16.0 Å². The van der Waals surface area contributed by atoms with Crippen molar-refractivity contribution in [2.24, 2.45) is 0 Å². The second-order valence-corrected chi connectivity index (χ2v) is 8.06. The molecule has 0 atom stereocenters. The fourth-order valence-corrected chi connectivity index (χ4v) is 3.35. The van der Waals surface area contributed by atoms with Crippen molar-refractivity contribution in [1.29, 1.82) is 0 Å². The van der Waals surface area contributed by atoms with Gasteiger partial charge in [-0.25, -0.2) is 4.79 Å². The molecule has 178 valence electrons. The molecular weight excluding hydrogens is 472 g/mol. The molecule has 0 aliphatic carbocycles. The van der Waals surface area contributed by atoms with Gasteiger partial charge in [-0.2, -0.15) is 0 Å². The molecule has 4 rings (SSSR count). The Morgan fingerprint density at radius 3 is 2.37 bits per heavy atom. The van der Waals surface area contributed by atoms with Crippen molar-refractivity contribution >= 4 is 34.5 Å². The van der Waals surface area contributed by atoms with Crippen LogP contribution in [0.15, 0.2) is 82.2 Å². The van der Waals surface area contributed by atoms with Gasteiger partial charge in [0.05, 0.1) is 24.0 Å². The van der Waals surface area contributed by atoms with E-state index in [0.717, 1.165) is 12.0 Å². The Kier molecular flexibility index (Phi) is 7.48. The van der Waals surface area contributed by atoms with Gasteiger partial charge in [-0.3, -0.25) is 9.59 Å². The van der Waals surface area contributed by atoms with Crippen LogP contribution in [0.2, 0.25) is 5.02 Å². The fraction of sp³-hybridized carbons (Fsp3) is 0.148. The first-order chi connectivity index (χ1) is 16.9. The molecule has 0 bridgehead atoms. The minimum Gasteiger partial charge on any atom is -0.462 e. The lowest BCUT2D eigenvalue weighted by atomic mass is 10.1. The predicted octanol–water partition coefficient (Wildman–Crippen LogP) is 5.95. The number of hydrogen-bond donors (Lipinski definition) is 0. The highest BCUT2D eigenvalue weighted by molar-refractivity contribution is 6.30. The van der Waals surface area contributed by atoms with Crippen molar-refractivity contribution in [3.63, 3.8) is 0 Å². The molecule has 0 amide bonds. The number of benzene rings is 3. The van der Waals surface area contributed by atoms with Crippen LogP contribution >= 0.6 is 11.6 Å². The zero-order valence-electron chi connectivity index (χ0n) is 18.8. The molecule has 1 aromatic heterocycles. The van der Waals surface area contributed by atoms with Gasteiger partial charge in [-0.1, -0.05) is 30.7 Å². The molecular formula is C27H21ClO7. The quantitative estimate of drug-likeness (QED) is 0.221. The van der Waals surface area contributed by atoms with Crippen LogP contribution < -0.4 is 14.9 Å². The number of carbonyl (C=O) groups is 2. The summed E-state index contributed by atoms with van der Waals surface area (Å²) in [6.45, 7) is 2.26. The zero-order valence-corrected chi connectivity index (χ0v) is 19.5. The van der Waals surface area contributed by atoms with E-state index in [1.165, 1.54) is 24.5 Å². The van der Waals surface area contributed by atoms with Gasteiger partial charge in [0.2, 0.25) is 11.2 Å². The third-order valence-electron chi connectivity index (χ3n) is 4.96. The molecule has 0 spiro atoms. The standard InChI is InChI=1S/C27H21ClO7/c1-2-13-32-27(31)18-5-9-20(10-6-18)34-24-16-33-23-15-21(11-12-22(23)26(24)30)35-25(29)14-17-3-7-19(28)8-4-17/h3-12,15-16H,2,13-14H2,1H3. The van der Waals surface area contributed by atoms with Crippen molar-refractivity contribution < 1.29 is 28.2 Å². The van der Waals surface area contributed by atoms with Crippen molar-refractivity contribution in [3.05, 3.63) is 99.4 Å². The lowest BCUT2D eigenvalue weighted by molar-refractivity contribution is -0.133. The van der Waals surface area contributed by atoms with Gasteiger partial charge in [-0.05, 0) is 60.5 Å². The smallest absolute Gasteiger partial charge is 0.338 e. The van der Waals surface area contributed by atoms with Gasteiger partial charge in [0.15, 0.2) is 0 Å². The Balaban J connectivity index is 1.45. The monoisotopic (exact) mass is 492 g/mol. The van der Waals surface area contributed by atoms with Crippen molar-refractivity contribution in [2.75, 3.05) is 6.61 Å². The Bertz CT molecular complexity index is 1410. The van der Waals surface area contributed by atoms with Gasteiger partial charge in [0, 0.05) is 11.1 Å². The molecule has 0 saturated heterocycles. The van der Waals surface area contributed by atoms with E-state index in [0.29, 0.717) is 22.9 Å². The Hall–Kier alpha value is -4.10. The van der Waals surface area contributed by atoms with Crippen LogP contribution in [0.4, 0.5) is 0 Å². The Morgan fingerprint density at radius 2 is 1.66 bits per heavy atom. The minimum absolute atomic E-state index is 0.0220. The highest BCUT2D eigenvalue weighted by Crippen LogP contribution is 2.25. The van der Waals surface area contributed by atoms with E-state index in [-0.39, 0.29) is 28.9 Å². The third-order valence-corrected chi connectivity index (χ3v) is 5.21. The molecule has 4 aromatic rings. The van der Waals surface area contributed by atoms with Gasteiger partial charge in [-0.15, -0.1) is 0 Å². The summed E-state index contributed by atoms with van der Waals surface area (Å²) in [5.74, 6) is -0.300. The van der Waals surface area contributed by atoms with E-state index >= 15 is 0 Å². The average molecular weight is 493 g/mol. The first-order valence-electron chi connectivity index (χ1n) is 10.9. The number of fused-ring (bicyclic) bond motifs is 1. The summed E-state index contributed by atoms with van der Waals surface area (Å²) in [6, 6.07) is 17.6. The van der Waals surface area contributed by atoms with E-state index in [4.69, 9.17) is 30.2 Å². The highest BCUT2D eigenvalue weighted by Gasteiger charge is 2.13. The molecule has 1 heterocycles. The van der Waals surface area contributed by atoms with E-state index in [1.807, 2.05) is 6.92 Å². The van der Waals surface area contributed by atoms with Crippen molar-refractivity contribution in [3.8, 4) is 17.2 Å². The van der Waals surface area contributed by atoms with E-state index < -0.39 is 17.4 Å². The topological polar surface area (TPSA) is 92.0 Å². The molecule has 0 N–H and O–H groups in total. The van der Waals surface area contributed by atoms with E-state index in [2.05, 4.69) is 0 Å². The predicted molar refractivity (Wildman–Crippen MR) is 130 cm³/mol. The second kappa shape index (κ2) is 10.9. The van der Waals surface area contributed by atoms with Crippen LogP contribution in [0.1, 0.15) is 29.3 Å². The summed E-state index contributed by atoms with van der Waals surface area (Å²) >= 11 is 5.86. The summed E-state index contributed by atoms with van der Waals surface area (Å²) in [4.78, 5) is 37.0. The third kappa shape index (κ3) is 6.07. The van der Waals surface area contributed by atoms with Gasteiger partial charge >= 0.3 is 11.9 Å². The molecule has 8 heteroatoms. The number of rotatable bonds is 8. The van der Waals surface area contributed by atoms with Gasteiger partial charge < -0.3 is 18.6 Å². The highest BCUT2D eigenvalue weighted by atomic mass is 35.5. The zero-order chi connectivity index (χ0) is 24.8. The van der Waals surface area contributed by atoms with Crippen LogP contribution in [0.3, 0.4) is 0 Å². The molecule has 0 saturated carbocycles. The van der Waals surface area contributed by atoms with E-state index in [1.54, 1.807) is 48.5 Å². The average Bonchev–Trinajstić information content (AvgIpc) is 2.86. The molecule has 35 heavy (non-hydrogen) atoms. The van der Waals surface area contributed by atoms with Crippen LogP contribution in [0, 0.1) is 0 Å². The minimum atomic E-state index is -0.462. The van der Waals surface area contributed by atoms with Crippen LogP contribution in [-0.4, -0.2) is 18.5 Å². The Labute approximate surface area is 205 Å².